The zero-order valence-electron chi connectivity index (χ0n) is 18.5. The summed E-state index contributed by atoms with van der Waals surface area (Å²) < 4.78 is 18.9. The van der Waals surface area contributed by atoms with E-state index in [9.17, 15) is 14.3 Å². The van der Waals surface area contributed by atoms with E-state index in [4.69, 9.17) is 27.9 Å². The predicted octanol–water partition coefficient (Wildman–Crippen LogP) is 4.21. The first kappa shape index (κ1) is 24.8. The highest BCUT2D eigenvalue weighted by Crippen LogP contribution is 2.21. The van der Waals surface area contributed by atoms with Crippen LogP contribution in [0.25, 0.3) is 10.9 Å². The molecule has 34 heavy (non-hydrogen) atoms. The van der Waals surface area contributed by atoms with Crippen molar-refractivity contribution in [1.29, 1.82) is 0 Å². The van der Waals surface area contributed by atoms with Gasteiger partial charge in [0.05, 0.1) is 17.1 Å². The van der Waals surface area contributed by atoms with Crippen molar-refractivity contribution >= 4 is 39.9 Å². The van der Waals surface area contributed by atoms with E-state index in [1.54, 1.807) is 18.2 Å². The van der Waals surface area contributed by atoms with Crippen molar-refractivity contribution in [1.82, 2.24) is 15.2 Å². The van der Waals surface area contributed by atoms with Crippen molar-refractivity contribution in [3.8, 4) is 5.75 Å². The van der Waals surface area contributed by atoms with Crippen LogP contribution in [0, 0.1) is 11.7 Å². The topological polar surface area (TPSA) is 74.7 Å². The van der Waals surface area contributed by atoms with E-state index in [2.05, 4.69) is 15.2 Å². The Kier molecular flexibility index (Phi) is 8.34. The maximum absolute atomic E-state index is 13.4. The minimum absolute atomic E-state index is 0.00309. The molecule has 9 heteroatoms. The molecule has 6 nitrogen and oxygen atoms in total. The van der Waals surface area contributed by atoms with Crippen LogP contribution < -0.4 is 10.1 Å². The summed E-state index contributed by atoms with van der Waals surface area (Å²) in [6, 6.07) is 13.2. The number of hydrogen-bond acceptors (Lipinski definition) is 6. The van der Waals surface area contributed by atoms with Gasteiger partial charge in [-0.2, -0.15) is 0 Å². The first-order chi connectivity index (χ1) is 16.4. The van der Waals surface area contributed by atoms with Crippen LogP contribution in [-0.4, -0.2) is 66.2 Å². The van der Waals surface area contributed by atoms with Crippen molar-refractivity contribution in [2.45, 2.75) is 12.5 Å². The summed E-state index contributed by atoms with van der Waals surface area (Å²) in [6.07, 6.45) is 0.243. The maximum atomic E-state index is 13.4. The van der Waals surface area contributed by atoms with Gasteiger partial charge in [0, 0.05) is 29.6 Å². The van der Waals surface area contributed by atoms with E-state index in [0.29, 0.717) is 35.5 Å². The minimum Gasteiger partial charge on any atom is -0.491 e. The van der Waals surface area contributed by atoms with Gasteiger partial charge in [0.1, 0.15) is 30.0 Å². The number of ether oxygens (including phenoxy) is 1. The molecule has 0 saturated carbocycles. The average molecular weight is 506 g/mol. The molecule has 1 aliphatic heterocycles. The molecule has 3 aromatic rings. The van der Waals surface area contributed by atoms with E-state index < -0.39 is 11.9 Å². The Morgan fingerprint density at radius 3 is 2.91 bits per heavy atom. The number of nitrogens with one attached hydrogen (secondary N) is 1. The van der Waals surface area contributed by atoms with Gasteiger partial charge in [-0.15, -0.1) is 0 Å². The number of aliphatic hydroxyl groups is 1. The van der Waals surface area contributed by atoms with Crippen molar-refractivity contribution in [3.63, 3.8) is 0 Å². The number of benzene rings is 2. The number of aliphatic hydroxyl groups excluding tert-OH is 1. The number of ketones is 1. The average Bonchev–Trinajstić information content (AvgIpc) is 3.26. The Balaban J connectivity index is 1.17. The van der Waals surface area contributed by atoms with Crippen LogP contribution in [-0.2, 0) is 0 Å². The van der Waals surface area contributed by atoms with E-state index in [-0.39, 0.29) is 17.4 Å². The number of rotatable bonds is 10. The number of aromatic nitrogens is 1. The maximum Gasteiger partial charge on any atom is 0.195 e. The molecule has 1 fully saturated rings. The van der Waals surface area contributed by atoms with Gasteiger partial charge in [-0.25, -0.2) is 9.37 Å². The van der Waals surface area contributed by atoms with E-state index >= 15 is 0 Å². The minimum atomic E-state index is -0.730. The van der Waals surface area contributed by atoms with Crippen LogP contribution in [0.3, 0.4) is 0 Å². The molecule has 1 saturated heterocycles. The summed E-state index contributed by atoms with van der Waals surface area (Å²) in [5, 5.41) is 14.9. The molecular weight excluding hydrogens is 480 g/mol. The summed E-state index contributed by atoms with van der Waals surface area (Å²) in [4.78, 5) is 19.3. The Morgan fingerprint density at radius 1 is 1.24 bits per heavy atom. The Morgan fingerprint density at radius 2 is 2.09 bits per heavy atom. The number of carbonyl (C=O) groups is 1. The lowest BCUT2D eigenvalue weighted by Crippen LogP contribution is -2.35. The molecule has 0 spiro atoms. The second-order valence-corrected chi connectivity index (χ2v) is 9.39. The van der Waals surface area contributed by atoms with Crippen LogP contribution in [0.15, 0.2) is 48.5 Å². The number of halogens is 3. The van der Waals surface area contributed by atoms with Gasteiger partial charge in [-0.1, -0.05) is 29.3 Å². The molecule has 2 aromatic carbocycles. The molecule has 0 radical (unpaired) electrons. The lowest BCUT2D eigenvalue weighted by atomic mass is 10.1. The van der Waals surface area contributed by atoms with Gasteiger partial charge >= 0.3 is 0 Å². The lowest BCUT2D eigenvalue weighted by Gasteiger charge is -2.17. The van der Waals surface area contributed by atoms with Gasteiger partial charge in [-0.05, 0) is 61.8 Å². The first-order valence-corrected chi connectivity index (χ1v) is 11.9. The highest BCUT2D eigenvalue weighted by atomic mass is 35.5. The number of likely N-dealkylation sites (tertiary alicyclic amines) is 1. The molecule has 180 valence electrons. The van der Waals surface area contributed by atoms with E-state index in [1.165, 1.54) is 12.1 Å². The highest BCUT2D eigenvalue weighted by Gasteiger charge is 2.24. The second kappa shape index (κ2) is 11.4. The van der Waals surface area contributed by atoms with Gasteiger partial charge in [0.2, 0.25) is 0 Å². The molecule has 0 amide bonds. The fraction of sp³-hybridized carbons (Fsp3) is 0.360. The molecule has 2 heterocycles. The second-order valence-electron chi connectivity index (χ2n) is 8.55. The monoisotopic (exact) mass is 505 g/mol. The van der Waals surface area contributed by atoms with Crippen LogP contribution in [0.5, 0.6) is 5.75 Å². The Hall–Kier alpha value is -2.29. The fourth-order valence-corrected chi connectivity index (χ4v) is 4.33. The third kappa shape index (κ3) is 6.64. The van der Waals surface area contributed by atoms with Crippen LogP contribution in [0.4, 0.5) is 4.39 Å². The Labute approximate surface area is 207 Å². The van der Waals surface area contributed by atoms with Crippen molar-refractivity contribution in [2.24, 2.45) is 5.92 Å². The summed E-state index contributed by atoms with van der Waals surface area (Å²) >= 11 is 11.7. The van der Waals surface area contributed by atoms with Crippen molar-refractivity contribution in [3.05, 3.63) is 70.1 Å². The van der Waals surface area contributed by atoms with Crippen molar-refractivity contribution < 1.29 is 19.0 Å². The van der Waals surface area contributed by atoms with Gasteiger partial charge < -0.3 is 15.2 Å². The third-order valence-corrected chi connectivity index (χ3v) is 6.36. The summed E-state index contributed by atoms with van der Waals surface area (Å²) in [7, 11) is 0. The SMILES string of the molecule is O=C(CN1CCC(CNCC(O)COc2ccc(Cl)c(F)c2)C1)c1ccc2cc(Cl)ccc2n1. The summed E-state index contributed by atoms with van der Waals surface area (Å²) in [5.74, 6) is 0.147. The molecule has 1 aromatic heterocycles. The summed E-state index contributed by atoms with van der Waals surface area (Å²) in [6.45, 7) is 3.11. The molecule has 1 aliphatic rings. The lowest BCUT2D eigenvalue weighted by molar-refractivity contribution is 0.0938. The van der Waals surface area contributed by atoms with Crippen LogP contribution in [0.2, 0.25) is 10.0 Å². The third-order valence-electron chi connectivity index (χ3n) is 5.82. The largest absolute Gasteiger partial charge is 0.491 e. The zero-order chi connectivity index (χ0) is 24.1. The van der Waals surface area contributed by atoms with E-state index in [1.807, 2.05) is 18.2 Å². The van der Waals surface area contributed by atoms with Gasteiger partial charge in [0.25, 0.3) is 0 Å². The quantitative estimate of drug-likeness (QED) is 0.402. The van der Waals surface area contributed by atoms with E-state index in [0.717, 1.165) is 37.0 Å². The summed E-state index contributed by atoms with van der Waals surface area (Å²) in [5.41, 5.74) is 1.21. The van der Waals surface area contributed by atoms with Crippen LogP contribution >= 0.6 is 23.2 Å². The molecular formula is C25H26Cl2FN3O3. The molecule has 0 aliphatic carbocycles. The standard InChI is InChI=1S/C25H26Cl2FN3O3/c26-18-2-6-23-17(9-18)1-5-24(30-23)25(33)14-31-8-7-16(13-31)11-29-12-19(32)15-34-20-3-4-21(27)22(28)10-20/h1-6,9-10,16,19,29,32H,7-8,11-15H2. The number of Topliss-reactive ketones (excluding diaryl/α,β-unsaturated/α-hetero) is 1. The number of fused-ring (bicyclic) bond motifs is 1. The smallest absolute Gasteiger partial charge is 0.195 e. The number of nitrogens with zero attached hydrogens (tertiary/aromatic N) is 2. The van der Waals surface area contributed by atoms with Crippen molar-refractivity contribution in [2.75, 3.05) is 39.3 Å². The Bertz CT molecular complexity index is 1160. The highest BCUT2D eigenvalue weighted by molar-refractivity contribution is 6.31. The molecule has 4 rings (SSSR count). The van der Waals surface area contributed by atoms with Gasteiger partial charge in [-0.3, -0.25) is 9.69 Å². The number of carbonyl (C=O) groups excluding carboxylic acids is 1. The predicted molar refractivity (Wildman–Crippen MR) is 131 cm³/mol. The molecule has 2 unspecified atom stereocenters. The zero-order valence-corrected chi connectivity index (χ0v) is 20.0. The molecule has 0 bridgehead atoms. The number of hydrogen-bond donors (Lipinski definition) is 2. The molecule has 2 atom stereocenters. The fourth-order valence-electron chi connectivity index (χ4n) is 4.03. The number of pyridine rings is 1. The molecule has 2 N–H and O–H groups in total. The first-order valence-electron chi connectivity index (χ1n) is 11.2. The van der Waals surface area contributed by atoms with Gasteiger partial charge in [0.15, 0.2) is 5.78 Å². The normalized spacial score (nSPS) is 17.2. The van der Waals surface area contributed by atoms with Crippen LogP contribution in [0.1, 0.15) is 16.9 Å².